The largest absolute Gasteiger partial charge is 0.322 e. The van der Waals surface area contributed by atoms with E-state index in [2.05, 4.69) is 28.5 Å². The molecule has 0 radical (unpaired) electrons. The smallest absolute Gasteiger partial charge is 0.258 e. The van der Waals surface area contributed by atoms with Crippen LogP contribution in [-0.4, -0.2) is 16.8 Å². The predicted molar refractivity (Wildman–Crippen MR) is 155 cm³/mol. The number of benzene rings is 4. The van der Waals surface area contributed by atoms with Crippen LogP contribution in [0.15, 0.2) is 116 Å². The molecule has 1 aliphatic heterocycles. The van der Waals surface area contributed by atoms with Crippen LogP contribution >= 0.6 is 0 Å². The molecule has 1 aromatic heterocycles. The molecule has 0 saturated heterocycles. The van der Waals surface area contributed by atoms with E-state index in [1.807, 2.05) is 78.6 Å². The molecule has 0 saturated carbocycles. The standard InChI is InChI=1S/C34H27N3O2/c1-23-19-28(36-33(38)31-14-6-5-13-30(31)26-12-8-18-35-21-26)16-17-29(23)34(39)37-22-27-11-3-2-9-24(27)20-25-10-4-7-15-32(25)37/h2-19,21H,20,22H2,1H3,(H,36,38). The Balaban J connectivity index is 1.28. The summed E-state index contributed by atoms with van der Waals surface area (Å²) in [6, 6.07) is 33.1. The van der Waals surface area contributed by atoms with Crippen molar-refractivity contribution in [3.63, 3.8) is 0 Å². The number of pyridine rings is 1. The van der Waals surface area contributed by atoms with E-state index in [1.165, 1.54) is 5.56 Å². The summed E-state index contributed by atoms with van der Waals surface area (Å²) in [4.78, 5) is 33.3. The Labute approximate surface area is 227 Å². The van der Waals surface area contributed by atoms with Crippen molar-refractivity contribution in [3.8, 4) is 11.1 Å². The van der Waals surface area contributed by atoms with Gasteiger partial charge in [0.05, 0.1) is 6.54 Å². The topological polar surface area (TPSA) is 62.3 Å². The number of aromatic nitrogens is 1. The third-order valence-electron chi connectivity index (χ3n) is 7.21. The summed E-state index contributed by atoms with van der Waals surface area (Å²) in [5.74, 6) is -0.276. The third-order valence-corrected chi connectivity index (χ3v) is 7.21. The molecule has 1 aliphatic rings. The normalized spacial score (nSPS) is 12.2. The number of hydrogen-bond donors (Lipinski definition) is 1. The van der Waals surface area contributed by atoms with Gasteiger partial charge in [-0.3, -0.25) is 14.6 Å². The molecule has 0 spiro atoms. The second-order valence-electron chi connectivity index (χ2n) is 9.74. The van der Waals surface area contributed by atoms with E-state index < -0.39 is 0 Å². The van der Waals surface area contributed by atoms with Gasteiger partial charge in [-0.25, -0.2) is 0 Å². The molecule has 1 N–H and O–H groups in total. The number of carbonyl (C=O) groups is 2. The van der Waals surface area contributed by atoms with Crippen LogP contribution in [0.25, 0.3) is 11.1 Å². The highest BCUT2D eigenvalue weighted by Crippen LogP contribution is 2.32. The predicted octanol–water partition coefficient (Wildman–Crippen LogP) is 7.06. The molecule has 0 unspecified atom stereocenters. The van der Waals surface area contributed by atoms with E-state index in [1.54, 1.807) is 30.6 Å². The maximum atomic E-state index is 13.9. The molecule has 5 heteroatoms. The first kappa shape index (κ1) is 24.3. The number of nitrogens with one attached hydrogen (secondary N) is 1. The van der Waals surface area contributed by atoms with Crippen LogP contribution in [0.1, 0.15) is 43.0 Å². The van der Waals surface area contributed by atoms with E-state index in [0.717, 1.165) is 39.9 Å². The van der Waals surface area contributed by atoms with E-state index >= 15 is 0 Å². The van der Waals surface area contributed by atoms with Crippen LogP contribution in [0.3, 0.4) is 0 Å². The van der Waals surface area contributed by atoms with Crippen molar-refractivity contribution in [2.24, 2.45) is 0 Å². The first-order chi connectivity index (χ1) is 19.1. The van der Waals surface area contributed by atoms with Crippen molar-refractivity contribution < 1.29 is 9.59 Å². The summed E-state index contributed by atoms with van der Waals surface area (Å²) < 4.78 is 0. The minimum atomic E-state index is -0.217. The van der Waals surface area contributed by atoms with E-state index in [0.29, 0.717) is 23.4 Å². The number of amides is 2. The number of rotatable bonds is 4. The second kappa shape index (κ2) is 10.4. The Morgan fingerprint density at radius 1 is 0.769 bits per heavy atom. The number of fused-ring (bicyclic) bond motifs is 2. The molecular formula is C34H27N3O2. The van der Waals surface area contributed by atoms with Gasteiger partial charge >= 0.3 is 0 Å². The lowest BCUT2D eigenvalue weighted by atomic mass is 10.0. The highest BCUT2D eigenvalue weighted by molar-refractivity contribution is 6.10. The Kier molecular flexibility index (Phi) is 6.47. The Morgan fingerprint density at radius 2 is 1.51 bits per heavy atom. The Morgan fingerprint density at radius 3 is 2.31 bits per heavy atom. The number of aryl methyl sites for hydroxylation is 1. The molecule has 0 bridgehead atoms. The van der Waals surface area contributed by atoms with Crippen molar-refractivity contribution in [3.05, 3.63) is 149 Å². The van der Waals surface area contributed by atoms with Gasteiger partial charge in [0.2, 0.25) is 0 Å². The highest BCUT2D eigenvalue weighted by atomic mass is 16.2. The van der Waals surface area contributed by atoms with Gasteiger partial charge in [-0.2, -0.15) is 0 Å². The van der Waals surface area contributed by atoms with Crippen LogP contribution in [0.4, 0.5) is 11.4 Å². The molecule has 39 heavy (non-hydrogen) atoms. The number of anilines is 2. The molecule has 0 fully saturated rings. The fourth-order valence-corrected chi connectivity index (χ4v) is 5.23. The molecule has 0 aliphatic carbocycles. The maximum Gasteiger partial charge on any atom is 0.258 e. The Hall–Kier alpha value is -5.03. The zero-order chi connectivity index (χ0) is 26.8. The molecular weight excluding hydrogens is 482 g/mol. The van der Waals surface area contributed by atoms with Crippen molar-refractivity contribution in [2.45, 2.75) is 19.9 Å². The first-order valence-corrected chi connectivity index (χ1v) is 13.0. The van der Waals surface area contributed by atoms with Gasteiger partial charge in [-0.05, 0) is 77.6 Å². The molecule has 0 atom stereocenters. The van der Waals surface area contributed by atoms with E-state index in [-0.39, 0.29) is 11.8 Å². The molecule has 5 aromatic rings. The van der Waals surface area contributed by atoms with Crippen molar-refractivity contribution >= 4 is 23.2 Å². The second-order valence-corrected chi connectivity index (χ2v) is 9.74. The van der Waals surface area contributed by atoms with Crippen molar-refractivity contribution in [2.75, 3.05) is 10.2 Å². The van der Waals surface area contributed by atoms with Crippen LogP contribution in [0.2, 0.25) is 0 Å². The van der Waals surface area contributed by atoms with Gasteiger partial charge in [-0.15, -0.1) is 0 Å². The van der Waals surface area contributed by atoms with Crippen LogP contribution in [-0.2, 0) is 13.0 Å². The fourth-order valence-electron chi connectivity index (χ4n) is 5.23. The van der Waals surface area contributed by atoms with Crippen molar-refractivity contribution in [1.82, 2.24) is 4.98 Å². The van der Waals surface area contributed by atoms with Gasteiger partial charge < -0.3 is 10.2 Å². The van der Waals surface area contributed by atoms with Gasteiger partial charge in [0.25, 0.3) is 11.8 Å². The summed E-state index contributed by atoms with van der Waals surface area (Å²) in [6.07, 6.45) is 4.25. The Bertz CT molecular complexity index is 1690. The van der Waals surface area contributed by atoms with Gasteiger partial charge in [-0.1, -0.05) is 66.7 Å². The summed E-state index contributed by atoms with van der Waals surface area (Å²) in [7, 11) is 0. The zero-order valence-electron chi connectivity index (χ0n) is 21.6. The van der Waals surface area contributed by atoms with E-state index in [9.17, 15) is 9.59 Å². The molecule has 4 aromatic carbocycles. The molecule has 2 amide bonds. The fraction of sp³-hybridized carbons (Fsp3) is 0.0882. The summed E-state index contributed by atoms with van der Waals surface area (Å²) >= 11 is 0. The van der Waals surface area contributed by atoms with Crippen molar-refractivity contribution in [1.29, 1.82) is 0 Å². The minimum Gasteiger partial charge on any atom is -0.322 e. The van der Waals surface area contributed by atoms with Gasteiger partial charge in [0, 0.05) is 40.5 Å². The van der Waals surface area contributed by atoms with Crippen LogP contribution in [0.5, 0.6) is 0 Å². The molecule has 190 valence electrons. The first-order valence-electron chi connectivity index (χ1n) is 13.0. The van der Waals surface area contributed by atoms with Crippen LogP contribution in [0, 0.1) is 6.92 Å². The average molecular weight is 510 g/mol. The third kappa shape index (κ3) is 4.82. The lowest BCUT2D eigenvalue weighted by Crippen LogP contribution is -2.31. The quantitative estimate of drug-likeness (QED) is 0.282. The molecule has 5 nitrogen and oxygen atoms in total. The minimum absolute atomic E-state index is 0.0588. The van der Waals surface area contributed by atoms with Crippen LogP contribution < -0.4 is 10.2 Å². The molecule has 6 rings (SSSR count). The number of hydrogen-bond acceptors (Lipinski definition) is 3. The molecule has 2 heterocycles. The maximum absolute atomic E-state index is 13.9. The number of para-hydroxylation sites is 1. The summed E-state index contributed by atoms with van der Waals surface area (Å²) in [5.41, 5.74) is 8.74. The number of nitrogens with zero attached hydrogens (tertiary/aromatic N) is 2. The lowest BCUT2D eigenvalue weighted by Gasteiger charge is -2.24. The van der Waals surface area contributed by atoms with Gasteiger partial charge in [0.1, 0.15) is 0 Å². The highest BCUT2D eigenvalue weighted by Gasteiger charge is 2.26. The summed E-state index contributed by atoms with van der Waals surface area (Å²) in [6.45, 7) is 2.42. The monoisotopic (exact) mass is 509 g/mol. The average Bonchev–Trinajstić information content (AvgIpc) is 3.14. The lowest BCUT2D eigenvalue weighted by molar-refractivity contribution is 0.0983. The zero-order valence-corrected chi connectivity index (χ0v) is 21.6. The summed E-state index contributed by atoms with van der Waals surface area (Å²) in [5, 5.41) is 3.01. The van der Waals surface area contributed by atoms with Gasteiger partial charge in [0.15, 0.2) is 0 Å². The number of carbonyl (C=O) groups excluding carboxylic acids is 2. The van der Waals surface area contributed by atoms with E-state index in [4.69, 9.17) is 0 Å². The SMILES string of the molecule is Cc1cc(NC(=O)c2ccccc2-c2cccnc2)ccc1C(=O)N1Cc2ccccc2Cc2ccccc21.